The summed E-state index contributed by atoms with van der Waals surface area (Å²) in [4.78, 5) is 4.63. The lowest BCUT2D eigenvalue weighted by atomic mass is 9.89. The van der Waals surface area contributed by atoms with Gasteiger partial charge in [0.15, 0.2) is 11.5 Å². The molecule has 1 aliphatic carbocycles. The number of para-hydroxylation sites is 4. The number of nitrogens with zero attached hydrogens (tertiary/aromatic N) is 3. The highest BCUT2D eigenvalue weighted by Crippen LogP contribution is 2.50. The molecule has 8 aromatic carbocycles. The molecule has 1 aliphatic heterocycles. The van der Waals surface area contributed by atoms with Crippen molar-refractivity contribution in [2.75, 3.05) is 9.80 Å². The molecule has 1 aromatic heterocycles. The lowest BCUT2D eigenvalue weighted by Gasteiger charge is -2.31. The predicted octanol–water partition coefficient (Wildman–Crippen LogP) is 14.7. The van der Waals surface area contributed by atoms with E-state index in [-0.39, 0.29) is 0 Å². The Balaban J connectivity index is 1.08. The van der Waals surface area contributed by atoms with Crippen LogP contribution in [0.2, 0.25) is 0 Å². The van der Waals surface area contributed by atoms with Gasteiger partial charge in [0.25, 0.3) is 0 Å². The summed E-state index contributed by atoms with van der Waals surface area (Å²) in [6.45, 7) is 0. The molecule has 4 heteroatoms. The van der Waals surface area contributed by atoms with Crippen molar-refractivity contribution in [3.63, 3.8) is 0 Å². The average molecular weight is 744 g/mol. The number of hydrogen-bond donors (Lipinski definition) is 0. The molecular formula is C54H37N3O. The number of anilines is 6. The summed E-state index contributed by atoms with van der Waals surface area (Å²) < 4.78 is 8.68. The highest BCUT2D eigenvalue weighted by atomic mass is 16.5. The van der Waals surface area contributed by atoms with Crippen LogP contribution in [0.3, 0.4) is 0 Å². The zero-order chi connectivity index (χ0) is 38.4. The van der Waals surface area contributed by atoms with Crippen LogP contribution in [0.25, 0.3) is 38.6 Å². The van der Waals surface area contributed by atoms with E-state index >= 15 is 0 Å². The van der Waals surface area contributed by atoms with Crippen LogP contribution in [0, 0.1) is 12.1 Å². The van der Waals surface area contributed by atoms with Crippen LogP contribution < -0.4 is 14.5 Å². The molecule has 0 N–H and O–H groups in total. The van der Waals surface area contributed by atoms with Gasteiger partial charge in [-0.1, -0.05) is 121 Å². The van der Waals surface area contributed by atoms with E-state index in [2.05, 4.69) is 202 Å². The number of ether oxygens (including phenoxy) is 1. The SMILES string of the molecule is c1ccc2c(c#1)N(c1cccc(-n3c4ccccc4c4cc(N(c5ccccc5)c5cc(-c6ccccc6)cc(C6C=CC=CC6)c5)ccc43)c1)c1ccccc1O2. The van der Waals surface area contributed by atoms with Gasteiger partial charge >= 0.3 is 0 Å². The first kappa shape index (κ1) is 33.6. The second kappa shape index (κ2) is 14.1. The number of allylic oxidation sites excluding steroid dienone is 4. The molecule has 4 nitrogen and oxygen atoms in total. The summed E-state index contributed by atoms with van der Waals surface area (Å²) in [6, 6.07) is 71.4. The molecule has 0 amide bonds. The maximum atomic E-state index is 6.30. The van der Waals surface area contributed by atoms with Gasteiger partial charge < -0.3 is 14.2 Å². The summed E-state index contributed by atoms with van der Waals surface area (Å²) in [5, 5.41) is 2.38. The maximum Gasteiger partial charge on any atom is 0.160 e. The summed E-state index contributed by atoms with van der Waals surface area (Å²) in [5.74, 6) is 1.86. The molecule has 1 atom stereocenters. The van der Waals surface area contributed by atoms with Gasteiger partial charge in [-0.05, 0) is 120 Å². The lowest BCUT2D eigenvalue weighted by Crippen LogP contribution is -2.15. The van der Waals surface area contributed by atoms with E-state index in [0.717, 1.165) is 68.8 Å². The number of hydrogen-bond acceptors (Lipinski definition) is 3. The molecule has 0 saturated carbocycles. The third-order valence-corrected chi connectivity index (χ3v) is 11.3. The number of benzene rings is 7. The Hall–Kier alpha value is -7.74. The fourth-order valence-corrected chi connectivity index (χ4v) is 8.63. The van der Waals surface area contributed by atoms with Crippen LogP contribution in [-0.2, 0) is 0 Å². The molecule has 0 bridgehead atoms. The maximum absolute atomic E-state index is 6.30. The Morgan fingerprint density at radius 2 is 1.34 bits per heavy atom. The van der Waals surface area contributed by atoms with Crippen LogP contribution in [0.15, 0.2) is 206 Å². The first-order valence-corrected chi connectivity index (χ1v) is 19.8. The van der Waals surface area contributed by atoms with Gasteiger partial charge in [-0.25, -0.2) is 0 Å². The quantitative estimate of drug-likeness (QED) is 0.162. The largest absolute Gasteiger partial charge is 0.452 e. The summed E-state index contributed by atoms with van der Waals surface area (Å²) >= 11 is 0. The normalized spacial score (nSPS) is 14.1. The van der Waals surface area contributed by atoms with E-state index in [4.69, 9.17) is 4.74 Å². The second-order valence-corrected chi connectivity index (χ2v) is 14.8. The van der Waals surface area contributed by atoms with Crippen molar-refractivity contribution in [1.29, 1.82) is 0 Å². The molecule has 0 spiro atoms. The Labute approximate surface area is 338 Å². The zero-order valence-electron chi connectivity index (χ0n) is 31.7. The van der Waals surface area contributed by atoms with Crippen LogP contribution >= 0.6 is 0 Å². The Kier molecular flexibility index (Phi) is 8.15. The van der Waals surface area contributed by atoms with E-state index in [1.807, 2.05) is 30.3 Å². The van der Waals surface area contributed by atoms with E-state index < -0.39 is 0 Å². The lowest BCUT2D eigenvalue weighted by molar-refractivity contribution is 0.477. The molecule has 0 fully saturated rings. The molecule has 2 aliphatic rings. The van der Waals surface area contributed by atoms with Crippen molar-refractivity contribution in [3.05, 3.63) is 224 Å². The summed E-state index contributed by atoms with van der Waals surface area (Å²) in [5.41, 5.74) is 13.2. The molecule has 9 aromatic rings. The van der Waals surface area contributed by atoms with E-state index in [1.54, 1.807) is 0 Å². The van der Waals surface area contributed by atoms with E-state index in [0.29, 0.717) is 5.92 Å². The first-order chi connectivity index (χ1) is 28.8. The summed E-state index contributed by atoms with van der Waals surface area (Å²) in [6.07, 6.45) is 9.89. The summed E-state index contributed by atoms with van der Waals surface area (Å²) in [7, 11) is 0. The van der Waals surface area contributed by atoms with Gasteiger partial charge in [0.1, 0.15) is 5.69 Å². The zero-order valence-corrected chi connectivity index (χ0v) is 31.7. The average Bonchev–Trinajstić information content (AvgIpc) is 3.63. The minimum Gasteiger partial charge on any atom is -0.452 e. The monoisotopic (exact) mass is 743 g/mol. The third-order valence-electron chi connectivity index (χ3n) is 11.3. The standard InChI is InChI=1S/C54H37N3O/c1-4-17-38(18-5-1)40-33-41(39-19-6-2-7-20-39)35-46(34-40)55(42-21-8-3-9-22-42)45-31-32-50-48(37-45)47-25-10-11-26-49(47)56(50)43-23-16-24-44(36-43)57-51-27-12-14-29-53(51)58-54-30-15-13-28-52(54)57/h1-12,14-19,21-27,29-37,39H,20H2. The van der Waals surface area contributed by atoms with Crippen LogP contribution in [0.1, 0.15) is 17.9 Å². The Morgan fingerprint density at radius 1 is 0.552 bits per heavy atom. The topological polar surface area (TPSA) is 20.6 Å². The van der Waals surface area contributed by atoms with Gasteiger partial charge in [0.05, 0.1) is 16.7 Å². The van der Waals surface area contributed by atoms with E-state index in [9.17, 15) is 0 Å². The van der Waals surface area contributed by atoms with Gasteiger partial charge in [-0.2, -0.15) is 0 Å². The van der Waals surface area contributed by atoms with Crippen LogP contribution in [0.4, 0.5) is 34.1 Å². The van der Waals surface area contributed by atoms with Crippen LogP contribution in [0.5, 0.6) is 11.5 Å². The first-order valence-electron chi connectivity index (χ1n) is 19.8. The Bertz CT molecular complexity index is 2990. The van der Waals surface area contributed by atoms with Crippen molar-refractivity contribution in [2.24, 2.45) is 0 Å². The highest BCUT2D eigenvalue weighted by molar-refractivity contribution is 6.11. The molecule has 58 heavy (non-hydrogen) atoms. The molecule has 274 valence electrons. The number of aromatic nitrogens is 1. The van der Waals surface area contributed by atoms with Crippen molar-refractivity contribution < 1.29 is 4.74 Å². The minimum atomic E-state index is 0.302. The molecule has 2 heterocycles. The predicted molar refractivity (Wildman–Crippen MR) is 239 cm³/mol. The van der Waals surface area contributed by atoms with Crippen molar-refractivity contribution in [2.45, 2.75) is 12.3 Å². The fourth-order valence-electron chi connectivity index (χ4n) is 8.63. The highest BCUT2D eigenvalue weighted by Gasteiger charge is 2.26. The third kappa shape index (κ3) is 5.81. The second-order valence-electron chi connectivity index (χ2n) is 14.8. The van der Waals surface area contributed by atoms with Crippen molar-refractivity contribution >= 4 is 55.9 Å². The smallest absolute Gasteiger partial charge is 0.160 e. The van der Waals surface area contributed by atoms with Gasteiger partial charge in [-0.3, -0.25) is 4.90 Å². The number of fused-ring (bicyclic) bond motifs is 5. The molecule has 11 rings (SSSR count). The number of rotatable bonds is 7. The van der Waals surface area contributed by atoms with Crippen LogP contribution in [-0.4, -0.2) is 4.57 Å². The molecule has 0 saturated heterocycles. The van der Waals surface area contributed by atoms with Crippen molar-refractivity contribution in [3.8, 4) is 28.3 Å². The minimum absolute atomic E-state index is 0.302. The Morgan fingerprint density at radius 3 is 2.22 bits per heavy atom. The molecule has 0 radical (unpaired) electrons. The van der Waals surface area contributed by atoms with E-state index in [1.165, 1.54) is 27.5 Å². The molecular weight excluding hydrogens is 707 g/mol. The van der Waals surface area contributed by atoms with Gasteiger partial charge in [0, 0.05) is 45.1 Å². The van der Waals surface area contributed by atoms with Gasteiger partial charge in [0.2, 0.25) is 0 Å². The molecule has 1 unspecified atom stereocenters. The van der Waals surface area contributed by atoms with Gasteiger partial charge in [-0.15, -0.1) is 0 Å². The van der Waals surface area contributed by atoms with Crippen molar-refractivity contribution in [1.82, 2.24) is 4.57 Å². The fraction of sp³-hybridized carbons (Fsp3) is 0.0370.